The summed E-state index contributed by atoms with van der Waals surface area (Å²) in [5, 5.41) is 2.86. The average molecular weight is 383 g/mol. The molecule has 2 amide bonds. The Morgan fingerprint density at radius 2 is 1.57 bits per heavy atom. The van der Waals surface area contributed by atoms with E-state index in [2.05, 4.69) is 26.1 Å². The Morgan fingerprint density at radius 1 is 1.00 bits per heavy atom. The van der Waals surface area contributed by atoms with Crippen LogP contribution in [-0.2, 0) is 15.0 Å². The normalized spacial score (nSPS) is 11.2. The molecule has 0 heterocycles. The Balaban J connectivity index is 2.05. The van der Waals surface area contributed by atoms with E-state index in [0.717, 1.165) is 5.75 Å². The molecule has 0 bridgehead atoms. The molecule has 5 heteroatoms. The molecule has 5 nitrogen and oxygen atoms in total. The van der Waals surface area contributed by atoms with E-state index in [0.29, 0.717) is 11.4 Å². The molecule has 0 spiro atoms. The molecule has 0 saturated heterocycles. The first kappa shape index (κ1) is 21.5. The smallest absolute Gasteiger partial charge is 0.244 e. The molecule has 0 aliphatic carbocycles. The zero-order chi connectivity index (χ0) is 20.9. The molecule has 2 rings (SSSR count). The first-order valence-electron chi connectivity index (χ1n) is 9.51. The third kappa shape index (κ3) is 6.12. The number of hydrogen-bond donors (Lipinski definition) is 1. The summed E-state index contributed by atoms with van der Waals surface area (Å²) in [5.41, 5.74) is 2.61. The van der Waals surface area contributed by atoms with Gasteiger partial charge in [-0.2, -0.15) is 0 Å². The van der Waals surface area contributed by atoms with Gasteiger partial charge in [0.15, 0.2) is 0 Å². The van der Waals surface area contributed by atoms with E-state index >= 15 is 0 Å². The predicted octanol–water partition coefficient (Wildman–Crippen LogP) is 4.76. The van der Waals surface area contributed by atoms with Gasteiger partial charge in [-0.3, -0.25) is 9.59 Å². The number of amides is 2. The summed E-state index contributed by atoms with van der Waals surface area (Å²) < 4.78 is 5.62. The topological polar surface area (TPSA) is 58.6 Å². The molecule has 0 atom stereocenters. The van der Waals surface area contributed by atoms with Crippen LogP contribution in [0.2, 0.25) is 0 Å². The Labute approximate surface area is 167 Å². The highest BCUT2D eigenvalue weighted by Crippen LogP contribution is 2.24. The Kier molecular flexibility index (Phi) is 6.84. The number of carbonyl (C=O) groups is 2. The second-order valence-corrected chi connectivity index (χ2v) is 8.14. The molecule has 0 unspecified atom stereocenters. The Morgan fingerprint density at radius 3 is 2.04 bits per heavy atom. The van der Waals surface area contributed by atoms with E-state index in [9.17, 15) is 9.59 Å². The quantitative estimate of drug-likeness (QED) is 0.783. The molecule has 0 radical (unpaired) electrons. The van der Waals surface area contributed by atoms with Crippen molar-refractivity contribution in [2.24, 2.45) is 0 Å². The molecule has 1 N–H and O–H groups in total. The number of benzene rings is 2. The summed E-state index contributed by atoms with van der Waals surface area (Å²) in [5.74, 6) is 0.280. The highest BCUT2D eigenvalue weighted by molar-refractivity contribution is 6.01. The maximum atomic E-state index is 12.5. The van der Waals surface area contributed by atoms with E-state index < -0.39 is 0 Å². The number of rotatable bonds is 6. The van der Waals surface area contributed by atoms with Crippen LogP contribution in [0.25, 0.3) is 0 Å². The van der Waals surface area contributed by atoms with Crippen LogP contribution >= 0.6 is 0 Å². The lowest BCUT2D eigenvalue weighted by Gasteiger charge is -2.22. The largest absolute Gasteiger partial charge is 0.491 e. The minimum atomic E-state index is -0.249. The second kappa shape index (κ2) is 8.91. The fourth-order valence-electron chi connectivity index (χ4n) is 2.76. The van der Waals surface area contributed by atoms with Crippen LogP contribution in [0.1, 0.15) is 47.1 Å². The number of hydrogen-bond acceptors (Lipinski definition) is 3. The van der Waals surface area contributed by atoms with Crippen molar-refractivity contribution in [3.05, 3.63) is 54.1 Å². The SMILES string of the molecule is CC(=O)N(CC(=O)Nc1ccc(C(C)(C)C)cc1)c1ccc(OC(C)C)cc1. The predicted molar refractivity (Wildman–Crippen MR) is 114 cm³/mol. The van der Waals surface area contributed by atoms with Crippen molar-refractivity contribution in [1.82, 2.24) is 0 Å². The summed E-state index contributed by atoms with van der Waals surface area (Å²) in [6.07, 6.45) is 0.0743. The van der Waals surface area contributed by atoms with Gasteiger partial charge in [0.25, 0.3) is 0 Å². The maximum absolute atomic E-state index is 12.5. The van der Waals surface area contributed by atoms with E-state index in [1.54, 1.807) is 24.3 Å². The number of ether oxygens (including phenoxy) is 1. The molecular weight excluding hydrogens is 352 g/mol. The van der Waals surface area contributed by atoms with E-state index in [4.69, 9.17) is 4.74 Å². The summed E-state index contributed by atoms with van der Waals surface area (Å²) in [6, 6.07) is 14.9. The summed E-state index contributed by atoms with van der Waals surface area (Å²) in [7, 11) is 0. The Hall–Kier alpha value is -2.82. The third-order valence-corrected chi connectivity index (χ3v) is 4.24. The number of nitrogens with one attached hydrogen (secondary N) is 1. The summed E-state index contributed by atoms with van der Waals surface area (Å²) in [4.78, 5) is 26.0. The molecule has 2 aromatic rings. The third-order valence-electron chi connectivity index (χ3n) is 4.24. The highest BCUT2D eigenvalue weighted by atomic mass is 16.5. The fraction of sp³-hybridized carbons (Fsp3) is 0.391. The molecule has 0 saturated carbocycles. The molecular formula is C23H30N2O3. The average Bonchev–Trinajstić information content (AvgIpc) is 2.59. The summed E-state index contributed by atoms with van der Waals surface area (Å²) in [6.45, 7) is 11.7. The maximum Gasteiger partial charge on any atom is 0.244 e. The van der Waals surface area contributed by atoms with E-state index in [1.165, 1.54) is 17.4 Å². The molecule has 0 fully saturated rings. The van der Waals surface area contributed by atoms with Gasteiger partial charge in [0.2, 0.25) is 11.8 Å². The van der Waals surface area contributed by atoms with Gasteiger partial charge in [0.05, 0.1) is 6.10 Å². The highest BCUT2D eigenvalue weighted by Gasteiger charge is 2.17. The van der Waals surface area contributed by atoms with Crippen LogP contribution in [0.15, 0.2) is 48.5 Å². The van der Waals surface area contributed by atoms with Crippen molar-refractivity contribution in [1.29, 1.82) is 0 Å². The van der Waals surface area contributed by atoms with Crippen molar-refractivity contribution >= 4 is 23.2 Å². The first-order chi connectivity index (χ1) is 13.1. The fourth-order valence-corrected chi connectivity index (χ4v) is 2.76. The van der Waals surface area contributed by atoms with Crippen molar-refractivity contribution in [3.8, 4) is 5.75 Å². The van der Waals surface area contributed by atoms with Gasteiger partial charge in [-0.15, -0.1) is 0 Å². The second-order valence-electron chi connectivity index (χ2n) is 8.14. The van der Waals surface area contributed by atoms with Crippen molar-refractivity contribution in [2.75, 3.05) is 16.8 Å². The van der Waals surface area contributed by atoms with Crippen LogP contribution in [0, 0.1) is 0 Å². The van der Waals surface area contributed by atoms with Gasteiger partial charge < -0.3 is 15.0 Å². The lowest BCUT2D eigenvalue weighted by molar-refractivity contribution is -0.120. The van der Waals surface area contributed by atoms with E-state index in [1.807, 2.05) is 38.1 Å². The van der Waals surface area contributed by atoms with E-state index in [-0.39, 0.29) is 29.9 Å². The zero-order valence-electron chi connectivity index (χ0n) is 17.6. The molecule has 0 aromatic heterocycles. The minimum Gasteiger partial charge on any atom is -0.491 e. The molecule has 0 aliphatic rings. The lowest BCUT2D eigenvalue weighted by Crippen LogP contribution is -2.36. The minimum absolute atomic E-state index is 0.0548. The summed E-state index contributed by atoms with van der Waals surface area (Å²) >= 11 is 0. The molecule has 28 heavy (non-hydrogen) atoms. The van der Waals surface area contributed by atoms with Crippen LogP contribution in [0.3, 0.4) is 0 Å². The monoisotopic (exact) mass is 382 g/mol. The number of carbonyl (C=O) groups excluding carboxylic acids is 2. The van der Waals surface area contributed by atoms with Gasteiger partial charge in [0.1, 0.15) is 12.3 Å². The first-order valence-corrected chi connectivity index (χ1v) is 9.51. The zero-order valence-corrected chi connectivity index (χ0v) is 17.6. The molecule has 0 aliphatic heterocycles. The number of nitrogens with zero attached hydrogens (tertiary/aromatic N) is 1. The van der Waals surface area contributed by atoms with Gasteiger partial charge in [0, 0.05) is 18.3 Å². The van der Waals surface area contributed by atoms with Crippen LogP contribution in [0.5, 0.6) is 5.75 Å². The van der Waals surface area contributed by atoms with Crippen molar-refractivity contribution in [2.45, 2.75) is 53.1 Å². The molecule has 150 valence electrons. The van der Waals surface area contributed by atoms with Crippen LogP contribution < -0.4 is 15.0 Å². The van der Waals surface area contributed by atoms with Gasteiger partial charge in [-0.05, 0) is 61.2 Å². The van der Waals surface area contributed by atoms with Crippen molar-refractivity contribution in [3.63, 3.8) is 0 Å². The number of anilines is 2. The molecule has 2 aromatic carbocycles. The van der Waals surface area contributed by atoms with Crippen molar-refractivity contribution < 1.29 is 14.3 Å². The standard InChI is InChI=1S/C23H30N2O3/c1-16(2)28-21-13-11-20(12-14-21)25(17(3)26)15-22(27)24-19-9-7-18(8-10-19)23(4,5)6/h7-14,16H,15H2,1-6H3,(H,24,27). The Bertz CT molecular complexity index is 803. The lowest BCUT2D eigenvalue weighted by atomic mass is 9.87. The van der Waals surface area contributed by atoms with Gasteiger partial charge in [-0.1, -0.05) is 32.9 Å². The van der Waals surface area contributed by atoms with Gasteiger partial charge >= 0.3 is 0 Å². The van der Waals surface area contributed by atoms with Crippen LogP contribution in [-0.4, -0.2) is 24.5 Å². The van der Waals surface area contributed by atoms with Crippen LogP contribution in [0.4, 0.5) is 11.4 Å². The van der Waals surface area contributed by atoms with Gasteiger partial charge in [-0.25, -0.2) is 0 Å².